The van der Waals surface area contributed by atoms with Gasteiger partial charge in [0.2, 0.25) is 6.04 Å². The molecule has 0 fully saturated rings. The number of nitrogens with zero attached hydrogens (tertiary/aromatic N) is 1. The van der Waals surface area contributed by atoms with E-state index in [4.69, 9.17) is 0 Å². The molecule has 0 heterocycles. The lowest BCUT2D eigenvalue weighted by Gasteiger charge is -2.36. The molecule has 46 heavy (non-hydrogen) atoms. The van der Waals surface area contributed by atoms with Crippen LogP contribution >= 0.6 is 0 Å². The molecule has 0 rings (SSSR count). The van der Waals surface area contributed by atoms with Gasteiger partial charge in [0.1, 0.15) is 0 Å². The molecule has 4 heteroatoms. The van der Waals surface area contributed by atoms with Crippen LogP contribution in [-0.4, -0.2) is 42.7 Å². The number of carbonyl (C=O) groups is 2. The van der Waals surface area contributed by atoms with E-state index in [-0.39, 0.29) is 24.0 Å². The van der Waals surface area contributed by atoms with Gasteiger partial charge in [-0.25, -0.2) is 0 Å². The summed E-state index contributed by atoms with van der Waals surface area (Å²) in [4.78, 5) is 26.7. The summed E-state index contributed by atoms with van der Waals surface area (Å²) < 4.78 is 0.518. The maximum absolute atomic E-state index is 13.3. The highest BCUT2D eigenvalue weighted by atomic mass is 35.5. The molecule has 272 valence electrons. The van der Waals surface area contributed by atoms with E-state index in [1.165, 1.54) is 141 Å². The van der Waals surface area contributed by atoms with Gasteiger partial charge in [-0.15, -0.1) is 0 Å². The van der Waals surface area contributed by atoms with E-state index in [2.05, 4.69) is 59.2 Å². The second kappa shape index (κ2) is 35.4. The molecule has 0 bridgehead atoms. The minimum Gasteiger partial charge on any atom is -1.00 e. The first kappa shape index (κ1) is 47.2. The first-order valence-corrected chi connectivity index (χ1v) is 20.1. The topological polar surface area (TPSA) is 34.1 Å². The molecule has 0 unspecified atom stereocenters. The molecular formula is C42H80ClNO2. The van der Waals surface area contributed by atoms with Crippen LogP contribution in [0.25, 0.3) is 0 Å². The quantitative estimate of drug-likeness (QED) is 0.0292. The first-order chi connectivity index (χ1) is 21.9. The molecule has 0 amide bonds. The van der Waals surface area contributed by atoms with Crippen molar-refractivity contribution in [2.45, 2.75) is 213 Å². The maximum Gasteiger partial charge on any atom is 0.206 e. The van der Waals surface area contributed by atoms with Crippen LogP contribution < -0.4 is 12.4 Å². The predicted molar refractivity (Wildman–Crippen MR) is 200 cm³/mol. The van der Waals surface area contributed by atoms with Crippen LogP contribution in [0.3, 0.4) is 0 Å². The molecular weight excluding hydrogens is 586 g/mol. The number of hydrogen-bond donors (Lipinski definition) is 0. The van der Waals surface area contributed by atoms with Crippen molar-refractivity contribution in [1.82, 2.24) is 0 Å². The van der Waals surface area contributed by atoms with E-state index >= 15 is 0 Å². The highest BCUT2D eigenvalue weighted by molar-refractivity contribution is 6.05. The average Bonchev–Trinajstić information content (AvgIpc) is 3.01. The van der Waals surface area contributed by atoms with Gasteiger partial charge in [0, 0.05) is 12.8 Å². The summed E-state index contributed by atoms with van der Waals surface area (Å²) in [5.41, 5.74) is 0. The van der Waals surface area contributed by atoms with Gasteiger partial charge in [0.05, 0.1) is 20.6 Å². The zero-order valence-electron chi connectivity index (χ0n) is 31.7. The van der Waals surface area contributed by atoms with Crippen LogP contribution in [0.2, 0.25) is 0 Å². The minimum atomic E-state index is -0.474. The fourth-order valence-corrected chi connectivity index (χ4v) is 6.68. The Hall–Kier alpha value is -0.930. The Morgan fingerprint density at radius 1 is 0.435 bits per heavy atom. The molecule has 0 aromatic rings. The lowest BCUT2D eigenvalue weighted by molar-refractivity contribution is -0.897. The van der Waals surface area contributed by atoms with Crippen molar-refractivity contribution in [3.8, 4) is 0 Å². The van der Waals surface area contributed by atoms with Crippen LogP contribution in [-0.2, 0) is 9.59 Å². The average molecular weight is 667 g/mol. The third-order valence-corrected chi connectivity index (χ3v) is 9.48. The standard InChI is InChI=1S/C42H80NO2.ClH/c1-6-9-11-13-15-17-19-21-23-25-27-29-31-33-35-37-40(44)42(43(4,5)39-8-3)41(45)38-36-34-32-30-28-26-24-22-20-18-16-14-12-10-7-2;/h21-24,42H,6-20,25-39H2,1-5H3;1H/q+1;/p-1/b23-21+,24-22+;. The number of hydrogen-bond acceptors (Lipinski definition) is 2. The highest BCUT2D eigenvalue weighted by Gasteiger charge is 2.39. The number of rotatable bonds is 35. The molecule has 0 aliphatic rings. The number of ketones is 2. The second-order valence-electron chi connectivity index (χ2n) is 14.5. The van der Waals surface area contributed by atoms with Crippen molar-refractivity contribution in [3.63, 3.8) is 0 Å². The zero-order valence-corrected chi connectivity index (χ0v) is 32.5. The number of allylic oxidation sites excluding steroid dienone is 4. The molecule has 0 spiro atoms. The minimum absolute atomic E-state index is 0. The molecule has 3 nitrogen and oxygen atoms in total. The molecule has 0 atom stereocenters. The fraction of sp³-hybridized carbons (Fsp3) is 0.857. The number of Topliss-reactive ketones (excluding diaryl/α,β-unsaturated/α-hetero) is 2. The Labute approximate surface area is 295 Å². The van der Waals surface area contributed by atoms with Gasteiger partial charge in [-0.1, -0.05) is 148 Å². The zero-order chi connectivity index (χ0) is 33.3. The van der Waals surface area contributed by atoms with Crippen molar-refractivity contribution in [3.05, 3.63) is 24.3 Å². The largest absolute Gasteiger partial charge is 1.00 e. The summed E-state index contributed by atoms with van der Waals surface area (Å²) in [7, 11) is 4.17. The Morgan fingerprint density at radius 3 is 1.02 bits per heavy atom. The Kier molecular flexibility index (Phi) is 36.3. The number of likely N-dealkylation sites (N-methyl/N-ethyl adjacent to an activating group) is 1. The SMILES string of the molecule is CCCCCCCC/C=C/CCCCCCCC(=O)C(C(=O)CCCCCCC/C=C/CCCCCCCC)[N+](C)(C)CCC.[Cl-]. The summed E-state index contributed by atoms with van der Waals surface area (Å²) in [6, 6.07) is -0.474. The number of halogens is 1. The monoisotopic (exact) mass is 666 g/mol. The molecule has 0 aliphatic heterocycles. The fourth-order valence-electron chi connectivity index (χ4n) is 6.68. The van der Waals surface area contributed by atoms with Crippen molar-refractivity contribution >= 4 is 11.6 Å². The summed E-state index contributed by atoms with van der Waals surface area (Å²) >= 11 is 0. The predicted octanol–water partition coefficient (Wildman–Crippen LogP) is 10.1. The van der Waals surface area contributed by atoms with E-state index in [0.717, 1.165) is 38.6 Å². The highest BCUT2D eigenvalue weighted by Crippen LogP contribution is 2.19. The van der Waals surface area contributed by atoms with Gasteiger partial charge >= 0.3 is 0 Å². The first-order valence-electron chi connectivity index (χ1n) is 20.1. The van der Waals surface area contributed by atoms with E-state index in [1.54, 1.807) is 0 Å². The summed E-state index contributed by atoms with van der Waals surface area (Å²) in [5.74, 6) is 0.368. The van der Waals surface area contributed by atoms with Crippen LogP contribution in [0.15, 0.2) is 24.3 Å². The number of carbonyl (C=O) groups excluding carboxylic acids is 2. The Bertz CT molecular complexity index is 677. The molecule has 0 aromatic carbocycles. The van der Waals surface area contributed by atoms with E-state index in [1.807, 2.05) is 0 Å². The van der Waals surface area contributed by atoms with Crippen molar-refractivity contribution in [1.29, 1.82) is 0 Å². The summed E-state index contributed by atoms with van der Waals surface area (Å²) in [5, 5.41) is 0. The third-order valence-electron chi connectivity index (χ3n) is 9.48. The van der Waals surface area contributed by atoms with Gasteiger partial charge in [-0.3, -0.25) is 9.59 Å². The van der Waals surface area contributed by atoms with Crippen molar-refractivity contribution in [2.75, 3.05) is 20.6 Å². The smallest absolute Gasteiger partial charge is 0.206 e. The van der Waals surface area contributed by atoms with E-state index < -0.39 is 6.04 Å². The molecule has 0 saturated carbocycles. The van der Waals surface area contributed by atoms with Crippen LogP contribution in [0.4, 0.5) is 0 Å². The molecule has 0 aliphatic carbocycles. The van der Waals surface area contributed by atoms with Gasteiger partial charge < -0.3 is 16.9 Å². The Morgan fingerprint density at radius 2 is 0.717 bits per heavy atom. The Balaban J connectivity index is 0. The third kappa shape index (κ3) is 29.2. The van der Waals surface area contributed by atoms with Crippen LogP contribution in [0.1, 0.15) is 207 Å². The lowest BCUT2D eigenvalue weighted by atomic mass is 9.95. The molecule has 0 saturated heterocycles. The normalized spacial score (nSPS) is 12.0. The summed E-state index contributed by atoms with van der Waals surface area (Å²) in [6.07, 6.45) is 44.3. The van der Waals surface area contributed by atoms with Crippen LogP contribution in [0, 0.1) is 0 Å². The second-order valence-corrected chi connectivity index (χ2v) is 14.5. The van der Waals surface area contributed by atoms with Gasteiger partial charge in [0.15, 0.2) is 11.6 Å². The van der Waals surface area contributed by atoms with Crippen molar-refractivity contribution < 1.29 is 26.5 Å². The van der Waals surface area contributed by atoms with Gasteiger partial charge in [-0.05, 0) is 70.6 Å². The van der Waals surface area contributed by atoms with Crippen LogP contribution in [0.5, 0.6) is 0 Å². The number of unbranched alkanes of at least 4 members (excludes halogenated alkanes) is 22. The lowest BCUT2D eigenvalue weighted by Crippen LogP contribution is -3.00. The molecule has 0 N–H and O–H groups in total. The van der Waals surface area contributed by atoms with E-state index in [0.29, 0.717) is 17.3 Å². The molecule has 0 radical (unpaired) electrons. The van der Waals surface area contributed by atoms with Gasteiger partial charge in [0.25, 0.3) is 0 Å². The maximum atomic E-state index is 13.3. The van der Waals surface area contributed by atoms with E-state index in [9.17, 15) is 9.59 Å². The molecule has 0 aromatic heterocycles. The summed E-state index contributed by atoms with van der Waals surface area (Å²) in [6.45, 7) is 7.58. The van der Waals surface area contributed by atoms with Gasteiger partial charge in [-0.2, -0.15) is 0 Å². The van der Waals surface area contributed by atoms with Crippen molar-refractivity contribution in [2.24, 2.45) is 0 Å². The number of quaternary nitrogens is 1.